The molecule has 1 aliphatic carbocycles. The third-order valence-electron chi connectivity index (χ3n) is 5.17. The molecule has 2 heterocycles. The van der Waals surface area contributed by atoms with Gasteiger partial charge in [0.1, 0.15) is 11.5 Å². The smallest absolute Gasteiger partial charge is 0.206 e. The van der Waals surface area contributed by atoms with Crippen molar-refractivity contribution in [2.75, 3.05) is 14.2 Å². The maximum atomic E-state index is 5.61. The number of rotatable bonds is 6. The Morgan fingerprint density at radius 1 is 1.14 bits per heavy atom. The topological polar surface area (TPSA) is 63.9 Å². The Bertz CT molecular complexity index is 1030. The fourth-order valence-electron chi connectivity index (χ4n) is 3.61. The van der Waals surface area contributed by atoms with Crippen molar-refractivity contribution in [3.63, 3.8) is 0 Å². The molecular weight excluding hydrogens is 384 g/mol. The van der Waals surface area contributed by atoms with Crippen LogP contribution < -0.4 is 14.3 Å². The monoisotopic (exact) mass is 410 g/mol. The minimum Gasteiger partial charge on any atom is -0.497 e. The number of nitrogens with zero attached hydrogens (tertiary/aromatic N) is 3. The lowest BCUT2D eigenvalue weighted by molar-refractivity contribution is 0.404. The second-order valence-corrected chi connectivity index (χ2v) is 7.91. The van der Waals surface area contributed by atoms with Crippen LogP contribution in [0.1, 0.15) is 37.8 Å². The number of aromatic nitrogens is 2. The summed E-state index contributed by atoms with van der Waals surface area (Å²) in [6.45, 7) is 0. The first-order valence-electron chi connectivity index (χ1n) is 9.93. The molecule has 0 saturated heterocycles. The fraction of sp³-hybridized carbons (Fsp3) is 0.364. The summed E-state index contributed by atoms with van der Waals surface area (Å²) in [5, 5.41) is 6.85. The van der Waals surface area contributed by atoms with E-state index >= 15 is 0 Å². The van der Waals surface area contributed by atoms with Crippen molar-refractivity contribution in [2.45, 2.75) is 38.1 Å². The molecule has 1 saturated carbocycles. The highest BCUT2D eigenvalue weighted by Crippen LogP contribution is 2.34. The van der Waals surface area contributed by atoms with Gasteiger partial charge in [0.15, 0.2) is 0 Å². The molecule has 3 aromatic rings. The SMILES string of the molecule is COc1ccc(OC)c(-c2csc(=NC3CCCCC3)n2N=Cc2ccc[nH]2)c1. The van der Waals surface area contributed by atoms with E-state index in [2.05, 4.69) is 10.4 Å². The molecule has 7 heteroatoms. The first-order valence-corrected chi connectivity index (χ1v) is 10.8. The highest BCUT2D eigenvalue weighted by atomic mass is 32.1. The van der Waals surface area contributed by atoms with E-state index in [1.807, 2.05) is 47.4 Å². The van der Waals surface area contributed by atoms with Crippen molar-refractivity contribution < 1.29 is 9.47 Å². The molecule has 1 aliphatic rings. The molecule has 1 N–H and O–H groups in total. The van der Waals surface area contributed by atoms with Crippen LogP contribution in [0.3, 0.4) is 0 Å². The highest BCUT2D eigenvalue weighted by molar-refractivity contribution is 7.07. The Morgan fingerprint density at radius 3 is 2.72 bits per heavy atom. The van der Waals surface area contributed by atoms with Gasteiger partial charge in [-0.05, 0) is 43.2 Å². The summed E-state index contributed by atoms with van der Waals surface area (Å²) in [5.41, 5.74) is 2.80. The minimum absolute atomic E-state index is 0.370. The Labute approximate surface area is 174 Å². The molecule has 29 heavy (non-hydrogen) atoms. The van der Waals surface area contributed by atoms with E-state index in [9.17, 15) is 0 Å². The van der Waals surface area contributed by atoms with E-state index < -0.39 is 0 Å². The van der Waals surface area contributed by atoms with Crippen LogP contribution in [0.25, 0.3) is 11.3 Å². The minimum atomic E-state index is 0.370. The van der Waals surface area contributed by atoms with E-state index in [-0.39, 0.29) is 0 Å². The zero-order valence-electron chi connectivity index (χ0n) is 16.8. The highest BCUT2D eigenvalue weighted by Gasteiger charge is 2.16. The Morgan fingerprint density at radius 2 is 2.00 bits per heavy atom. The van der Waals surface area contributed by atoms with E-state index in [0.717, 1.165) is 46.1 Å². The molecule has 6 nitrogen and oxygen atoms in total. The average molecular weight is 411 g/mol. The Kier molecular flexibility index (Phi) is 6.14. The third kappa shape index (κ3) is 4.45. The van der Waals surface area contributed by atoms with E-state index in [0.29, 0.717) is 6.04 Å². The Balaban J connectivity index is 1.83. The van der Waals surface area contributed by atoms with Crippen LogP contribution in [0.5, 0.6) is 11.5 Å². The lowest BCUT2D eigenvalue weighted by Gasteiger charge is -2.17. The second-order valence-electron chi connectivity index (χ2n) is 7.07. The predicted octanol–water partition coefficient (Wildman–Crippen LogP) is 4.68. The van der Waals surface area contributed by atoms with Crippen molar-refractivity contribution in [2.24, 2.45) is 10.1 Å². The van der Waals surface area contributed by atoms with Crippen molar-refractivity contribution in [1.29, 1.82) is 0 Å². The van der Waals surface area contributed by atoms with Gasteiger partial charge in [-0.15, -0.1) is 11.3 Å². The van der Waals surface area contributed by atoms with Gasteiger partial charge in [-0.1, -0.05) is 19.3 Å². The number of aromatic amines is 1. The lowest BCUT2D eigenvalue weighted by atomic mass is 9.96. The number of hydrogen-bond donors (Lipinski definition) is 1. The largest absolute Gasteiger partial charge is 0.497 e. The zero-order valence-corrected chi connectivity index (χ0v) is 17.6. The number of benzene rings is 1. The lowest BCUT2D eigenvalue weighted by Crippen LogP contribution is -2.19. The molecule has 0 amide bonds. The maximum Gasteiger partial charge on any atom is 0.206 e. The van der Waals surface area contributed by atoms with Gasteiger partial charge in [-0.3, -0.25) is 4.99 Å². The van der Waals surface area contributed by atoms with Gasteiger partial charge < -0.3 is 14.5 Å². The summed E-state index contributed by atoms with van der Waals surface area (Å²) in [6.07, 6.45) is 9.82. The summed E-state index contributed by atoms with van der Waals surface area (Å²) < 4.78 is 13.0. The second kappa shape index (κ2) is 9.13. The van der Waals surface area contributed by atoms with Crippen LogP contribution in [0.15, 0.2) is 52.0 Å². The number of nitrogens with one attached hydrogen (secondary N) is 1. The van der Waals surface area contributed by atoms with Crippen LogP contribution in [0.4, 0.5) is 0 Å². The van der Waals surface area contributed by atoms with Crippen molar-refractivity contribution >= 4 is 17.6 Å². The fourth-order valence-corrected chi connectivity index (χ4v) is 4.51. The molecular formula is C22H26N4O2S. The standard InChI is InChI=1S/C22H26N4O2S/c1-27-18-10-11-21(28-2)19(13-18)20-15-29-22(25-16-7-4-3-5-8-16)26(20)24-14-17-9-6-12-23-17/h6,9-16,23H,3-5,7-8H2,1-2H3. The first-order chi connectivity index (χ1) is 14.3. The van der Waals surface area contributed by atoms with Gasteiger partial charge in [0.25, 0.3) is 0 Å². The molecule has 0 atom stereocenters. The molecule has 1 aromatic carbocycles. The summed E-state index contributed by atoms with van der Waals surface area (Å²) in [6, 6.07) is 10.1. The van der Waals surface area contributed by atoms with Crippen molar-refractivity contribution in [1.82, 2.24) is 9.66 Å². The molecule has 0 bridgehead atoms. The Hall–Kier alpha value is -2.80. The molecule has 0 spiro atoms. The van der Waals surface area contributed by atoms with E-state index in [1.165, 1.54) is 19.3 Å². The van der Waals surface area contributed by atoms with Gasteiger partial charge in [-0.2, -0.15) is 5.10 Å². The third-order valence-corrected chi connectivity index (χ3v) is 6.00. The van der Waals surface area contributed by atoms with Gasteiger partial charge in [0, 0.05) is 17.1 Å². The summed E-state index contributed by atoms with van der Waals surface area (Å²) in [5.74, 6) is 1.55. The van der Waals surface area contributed by atoms with Crippen LogP contribution >= 0.6 is 11.3 Å². The maximum absolute atomic E-state index is 5.61. The molecule has 0 radical (unpaired) electrons. The number of ether oxygens (including phenoxy) is 2. The number of hydrogen-bond acceptors (Lipinski definition) is 5. The van der Waals surface area contributed by atoms with E-state index in [4.69, 9.17) is 19.6 Å². The van der Waals surface area contributed by atoms with Crippen LogP contribution in [-0.2, 0) is 0 Å². The van der Waals surface area contributed by atoms with Gasteiger partial charge in [0.05, 0.1) is 37.9 Å². The molecule has 4 rings (SSSR count). The van der Waals surface area contributed by atoms with Gasteiger partial charge >= 0.3 is 0 Å². The molecule has 152 valence electrons. The zero-order chi connectivity index (χ0) is 20.1. The normalized spacial score (nSPS) is 15.9. The molecule has 0 aliphatic heterocycles. The van der Waals surface area contributed by atoms with Gasteiger partial charge in [0.2, 0.25) is 4.80 Å². The summed E-state index contributed by atoms with van der Waals surface area (Å²) in [7, 11) is 3.35. The van der Waals surface area contributed by atoms with Crippen molar-refractivity contribution in [3.8, 4) is 22.8 Å². The van der Waals surface area contributed by atoms with Crippen LogP contribution in [0.2, 0.25) is 0 Å². The van der Waals surface area contributed by atoms with Gasteiger partial charge in [-0.25, -0.2) is 4.68 Å². The van der Waals surface area contributed by atoms with Crippen LogP contribution in [0, 0.1) is 0 Å². The summed E-state index contributed by atoms with van der Waals surface area (Å²) in [4.78, 5) is 9.12. The molecule has 2 aromatic heterocycles. The average Bonchev–Trinajstić information content (AvgIpc) is 3.42. The molecule has 0 unspecified atom stereocenters. The number of methoxy groups -OCH3 is 2. The van der Waals surface area contributed by atoms with Crippen LogP contribution in [-0.4, -0.2) is 36.1 Å². The number of thiazole rings is 1. The first kappa shape index (κ1) is 19.5. The predicted molar refractivity (Wildman–Crippen MR) is 117 cm³/mol. The molecule has 1 fully saturated rings. The number of H-pyrrole nitrogens is 1. The van der Waals surface area contributed by atoms with Crippen molar-refractivity contribution in [3.05, 3.63) is 52.4 Å². The quantitative estimate of drug-likeness (QED) is 0.600. The van der Waals surface area contributed by atoms with E-state index in [1.54, 1.807) is 25.6 Å². The summed E-state index contributed by atoms with van der Waals surface area (Å²) >= 11 is 1.61.